The van der Waals surface area contributed by atoms with E-state index in [4.69, 9.17) is 0 Å². The van der Waals surface area contributed by atoms with Gasteiger partial charge in [0.05, 0.1) is 22.8 Å². The molecule has 0 bridgehead atoms. The van der Waals surface area contributed by atoms with Gasteiger partial charge in [-0.3, -0.25) is 14.1 Å². The second-order valence-corrected chi connectivity index (χ2v) is 8.75. The Hall–Kier alpha value is -3.19. The van der Waals surface area contributed by atoms with Crippen LogP contribution in [0.2, 0.25) is 0 Å². The van der Waals surface area contributed by atoms with Gasteiger partial charge in [0.2, 0.25) is 0 Å². The van der Waals surface area contributed by atoms with Gasteiger partial charge in [0, 0.05) is 18.8 Å². The van der Waals surface area contributed by atoms with Crippen LogP contribution in [0.15, 0.2) is 71.8 Å². The highest BCUT2D eigenvalue weighted by Crippen LogP contribution is 2.22. The van der Waals surface area contributed by atoms with E-state index in [2.05, 4.69) is 10.3 Å². The molecule has 7 heteroatoms. The van der Waals surface area contributed by atoms with Gasteiger partial charge in [-0.05, 0) is 61.9 Å². The zero-order chi connectivity index (χ0) is 21.0. The molecular formula is C22H23N3O3S. The Morgan fingerprint density at radius 3 is 2.28 bits per heavy atom. The number of pyridine rings is 1. The maximum absolute atomic E-state index is 12.8. The number of hydrogen-bond acceptors (Lipinski definition) is 4. The van der Waals surface area contributed by atoms with Crippen LogP contribution < -0.4 is 9.62 Å². The molecule has 1 N–H and O–H groups in total. The summed E-state index contributed by atoms with van der Waals surface area (Å²) in [6.45, 7) is 4.17. The van der Waals surface area contributed by atoms with Crippen LogP contribution in [-0.2, 0) is 16.6 Å². The van der Waals surface area contributed by atoms with E-state index in [-0.39, 0.29) is 10.8 Å². The Bertz CT molecular complexity index is 1110. The first-order chi connectivity index (χ1) is 13.8. The third-order valence-corrected chi connectivity index (χ3v) is 6.51. The van der Waals surface area contributed by atoms with Crippen LogP contribution in [0.1, 0.15) is 27.2 Å². The second kappa shape index (κ2) is 8.45. The van der Waals surface area contributed by atoms with Gasteiger partial charge in [-0.1, -0.05) is 23.8 Å². The zero-order valence-electron chi connectivity index (χ0n) is 16.6. The molecule has 0 atom stereocenters. The molecule has 0 saturated carbocycles. The van der Waals surface area contributed by atoms with Gasteiger partial charge in [-0.2, -0.15) is 0 Å². The molecule has 150 valence electrons. The van der Waals surface area contributed by atoms with Gasteiger partial charge in [0.15, 0.2) is 0 Å². The zero-order valence-corrected chi connectivity index (χ0v) is 17.4. The van der Waals surface area contributed by atoms with E-state index < -0.39 is 10.0 Å². The van der Waals surface area contributed by atoms with E-state index in [1.165, 1.54) is 11.4 Å². The highest BCUT2D eigenvalue weighted by molar-refractivity contribution is 7.92. The van der Waals surface area contributed by atoms with Crippen LogP contribution in [0, 0.1) is 13.8 Å². The minimum absolute atomic E-state index is 0.221. The van der Waals surface area contributed by atoms with Gasteiger partial charge in [-0.25, -0.2) is 8.42 Å². The molecule has 0 aliphatic heterocycles. The number of carbonyl (C=O) groups is 1. The Labute approximate surface area is 171 Å². The first kappa shape index (κ1) is 20.5. The van der Waals surface area contributed by atoms with Gasteiger partial charge in [0.1, 0.15) is 0 Å². The predicted molar refractivity (Wildman–Crippen MR) is 113 cm³/mol. The first-order valence-electron chi connectivity index (χ1n) is 9.13. The molecule has 0 aliphatic rings. The summed E-state index contributed by atoms with van der Waals surface area (Å²) >= 11 is 0. The van der Waals surface area contributed by atoms with Crippen LogP contribution in [0.25, 0.3) is 0 Å². The van der Waals surface area contributed by atoms with Crippen molar-refractivity contribution >= 4 is 21.6 Å². The number of carbonyl (C=O) groups excluding carboxylic acids is 1. The van der Waals surface area contributed by atoms with Gasteiger partial charge in [-0.15, -0.1) is 0 Å². The fourth-order valence-electron chi connectivity index (χ4n) is 2.80. The number of anilines is 1. The van der Waals surface area contributed by atoms with Crippen molar-refractivity contribution in [3.05, 3.63) is 89.2 Å². The van der Waals surface area contributed by atoms with E-state index in [0.29, 0.717) is 17.8 Å². The lowest BCUT2D eigenvalue weighted by atomic mass is 10.2. The van der Waals surface area contributed by atoms with Gasteiger partial charge >= 0.3 is 0 Å². The van der Waals surface area contributed by atoms with Gasteiger partial charge in [0.25, 0.3) is 15.9 Å². The molecule has 0 unspecified atom stereocenters. The minimum Gasteiger partial charge on any atom is -0.346 e. The van der Waals surface area contributed by atoms with Crippen LogP contribution in [-0.4, -0.2) is 26.4 Å². The van der Waals surface area contributed by atoms with E-state index in [1.54, 1.807) is 54.7 Å². The molecule has 3 rings (SSSR count). The number of aryl methyl sites for hydroxylation is 2. The SMILES string of the molecule is Cc1ccc(S(=O)(=O)N(C)c2ccc(C(=O)NCc3ncccc3C)cc2)cc1. The number of nitrogens with one attached hydrogen (secondary N) is 1. The molecule has 1 heterocycles. The number of nitrogens with zero attached hydrogens (tertiary/aromatic N) is 2. The standard InChI is InChI=1S/C22H23N3O3S/c1-16-6-12-20(13-7-16)29(27,28)25(3)19-10-8-18(9-11-19)22(26)24-15-21-17(2)5-4-14-23-21/h4-14H,15H2,1-3H3,(H,24,26). The number of sulfonamides is 1. The summed E-state index contributed by atoms with van der Waals surface area (Å²) in [6.07, 6.45) is 1.69. The van der Waals surface area contributed by atoms with E-state index in [1.807, 2.05) is 26.0 Å². The highest BCUT2D eigenvalue weighted by Gasteiger charge is 2.21. The Kier molecular flexibility index (Phi) is 5.98. The summed E-state index contributed by atoms with van der Waals surface area (Å²) in [4.78, 5) is 16.9. The molecular weight excluding hydrogens is 386 g/mol. The summed E-state index contributed by atoms with van der Waals surface area (Å²) < 4.78 is 26.8. The maximum Gasteiger partial charge on any atom is 0.264 e. The van der Waals surface area contributed by atoms with Crippen LogP contribution in [0.5, 0.6) is 0 Å². The molecule has 1 aromatic heterocycles. The van der Waals surface area contributed by atoms with Crippen molar-refractivity contribution in [2.24, 2.45) is 0 Å². The number of benzene rings is 2. The molecule has 2 aromatic carbocycles. The highest BCUT2D eigenvalue weighted by atomic mass is 32.2. The third kappa shape index (κ3) is 4.63. The lowest BCUT2D eigenvalue weighted by molar-refractivity contribution is 0.0950. The fraction of sp³-hybridized carbons (Fsp3) is 0.182. The topological polar surface area (TPSA) is 79.4 Å². The number of rotatable bonds is 6. The fourth-order valence-corrected chi connectivity index (χ4v) is 3.99. The summed E-state index contributed by atoms with van der Waals surface area (Å²) in [5, 5.41) is 2.83. The summed E-state index contributed by atoms with van der Waals surface area (Å²) in [5.41, 5.74) is 3.72. The average molecular weight is 410 g/mol. The van der Waals surface area contributed by atoms with Crippen molar-refractivity contribution in [1.82, 2.24) is 10.3 Å². The lowest BCUT2D eigenvalue weighted by Gasteiger charge is -2.20. The largest absolute Gasteiger partial charge is 0.346 e. The van der Waals surface area contributed by atoms with Crippen molar-refractivity contribution in [3.8, 4) is 0 Å². The van der Waals surface area contributed by atoms with Crippen molar-refractivity contribution < 1.29 is 13.2 Å². The molecule has 0 aliphatic carbocycles. The smallest absolute Gasteiger partial charge is 0.264 e. The van der Waals surface area contributed by atoms with E-state index in [9.17, 15) is 13.2 Å². The molecule has 29 heavy (non-hydrogen) atoms. The monoisotopic (exact) mass is 409 g/mol. The van der Waals surface area contributed by atoms with Crippen molar-refractivity contribution in [2.45, 2.75) is 25.3 Å². The van der Waals surface area contributed by atoms with E-state index >= 15 is 0 Å². The molecule has 0 spiro atoms. The lowest BCUT2D eigenvalue weighted by Crippen LogP contribution is -2.27. The van der Waals surface area contributed by atoms with Crippen LogP contribution in [0.4, 0.5) is 5.69 Å². The normalized spacial score (nSPS) is 11.1. The quantitative estimate of drug-likeness (QED) is 0.676. The summed E-state index contributed by atoms with van der Waals surface area (Å²) in [5.74, 6) is -0.245. The van der Waals surface area contributed by atoms with E-state index in [0.717, 1.165) is 16.8 Å². The Morgan fingerprint density at radius 2 is 1.66 bits per heavy atom. The summed E-state index contributed by atoms with van der Waals surface area (Å²) in [7, 11) is -2.17. The third-order valence-electron chi connectivity index (χ3n) is 4.71. The Morgan fingerprint density at radius 1 is 1.00 bits per heavy atom. The molecule has 6 nitrogen and oxygen atoms in total. The second-order valence-electron chi connectivity index (χ2n) is 6.78. The molecule has 3 aromatic rings. The molecule has 0 saturated heterocycles. The van der Waals surface area contributed by atoms with Crippen molar-refractivity contribution in [2.75, 3.05) is 11.4 Å². The van der Waals surface area contributed by atoms with Gasteiger partial charge < -0.3 is 5.32 Å². The van der Waals surface area contributed by atoms with Crippen molar-refractivity contribution in [1.29, 1.82) is 0 Å². The first-order valence-corrected chi connectivity index (χ1v) is 10.6. The average Bonchev–Trinajstić information content (AvgIpc) is 2.73. The van der Waals surface area contributed by atoms with Crippen LogP contribution >= 0.6 is 0 Å². The predicted octanol–water partition coefficient (Wildman–Crippen LogP) is 3.45. The van der Waals surface area contributed by atoms with Crippen LogP contribution in [0.3, 0.4) is 0 Å². The number of hydrogen-bond donors (Lipinski definition) is 1. The Balaban J connectivity index is 1.71. The molecule has 0 fully saturated rings. The van der Waals surface area contributed by atoms with Crippen molar-refractivity contribution in [3.63, 3.8) is 0 Å². The minimum atomic E-state index is -3.67. The molecule has 0 radical (unpaired) electrons. The maximum atomic E-state index is 12.8. The number of amides is 1. The molecule has 1 amide bonds. The number of aromatic nitrogens is 1. The summed E-state index contributed by atoms with van der Waals surface area (Å²) in [6, 6.07) is 16.9.